The van der Waals surface area contributed by atoms with Gasteiger partial charge in [0.15, 0.2) is 17.5 Å². The topological polar surface area (TPSA) is 182 Å². The van der Waals surface area contributed by atoms with Gasteiger partial charge in [-0.1, -0.05) is 0 Å². The van der Waals surface area contributed by atoms with Crippen molar-refractivity contribution in [2.24, 2.45) is 0 Å². The SMILES string of the molecule is CCOCCOCCOc1ccc(-c2nc(-c3ccc(OCCOCCOCC)c(C)c3O)nc(-c3ccc(OCCOCCOCC)c(C)c3O)n2)c(O)c1C. The number of rotatable bonds is 27. The normalized spacial score (nSPS) is 11.3. The quantitative estimate of drug-likeness (QED) is 0.0579. The number of nitrogens with zero attached hydrogens (tertiary/aromatic N) is 3. The zero-order chi connectivity index (χ0) is 41.0. The van der Waals surface area contributed by atoms with Gasteiger partial charge < -0.3 is 58.0 Å². The van der Waals surface area contributed by atoms with Crippen LogP contribution in [0.5, 0.6) is 34.5 Å². The summed E-state index contributed by atoms with van der Waals surface area (Å²) in [5, 5.41) is 34.4. The van der Waals surface area contributed by atoms with E-state index in [1.165, 1.54) is 0 Å². The Balaban J connectivity index is 1.64. The van der Waals surface area contributed by atoms with Crippen molar-refractivity contribution in [2.75, 3.05) is 99.1 Å². The van der Waals surface area contributed by atoms with Crippen molar-refractivity contribution in [1.82, 2.24) is 15.0 Å². The lowest BCUT2D eigenvalue weighted by atomic mass is 10.1. The van der Waals surface area contributed by atoms with Crippen LogP contribution in [0.15, 0.2) is 36.4 Å². The Hall–Kier alpha value is -4.77. The Bertz CT molecular complexity index is 1620. The summed E-state index contributed by atoms with van der Waals surface area (Å²) in [6.45, 7) is 17.5. The Kier molecular flexibility index (Phi) is 19.0. The van der Waals surface area contributed by atoms with Gasteiger partial charge in [0.1, 0.15) is 54.3 Å². The van der Waals surface area contributed by atoms with Gasteiger partial charge in [0, 0.05) is 36.5 Å². The van der Waals surface area contributed by atoms with Crippen molar-refractivity contribution in [1.29, 1.82) is 0 Å². The zero-order valence-electron chi connectivity index (χ0n) is 33.9. The maximum Gasteiger partial charge on any atom is 0.167 e. The first-order chi connectivity index (χ1) is 27.7. The smallest absolute Gasteiger partial charge is 0.167 e. The minimum Gasteiger partial charge on any atom is -0.507 e. The number of hydrogen-bond donors (Lipinski definition) is 3. The first-order valence-corrected chi connectivity index (χ1v) is 19.3. The number of phenols is 3. The first kappa shape index (κ1) is 44.9. The van der Waals surface area contributed by atoms with Crippen LogP contribution in [0.2, 0.25) is 0 Å². The first-order valence-electron chi connectivity index (χ1n) is 19.3. The molecule has 0 amide bonds. The summed E-state index contributed by atoms with van der Waals surface area (Å²) < 4.78 is 50.2. The summed E-state index contributed by atoms with van der Waals surface area (Å²) in [6.07, 6.45) is 0. The molecule has 0 aliphatic carbocycles. The van der Waals surface area contributed by atoms with E-state index >= 15 is 0 Å². The summed E-state index contributed by atoms with van der Waals surface area (Å²) >= 11 is 0. The van der Waals surface area contributed by atoms with E-state index < -0.39 is 0 Å². The van der Waals surface area contributed by atoms with Crippen LogP contribution in [0.1, 0.15) is 37.5 Å². The van der Waals surface area contributed by atoms with Crippen LogP contribution in [0.3, 0.4) is 0 Å². The van der Waals surface area contributed by atoms with E-state index in [4.69, 9.17) is 57.6 Å². The zero-order valence-corrected chi connectivity index (χ0v) is 33.9. The molecule has 57 heavy (non-hydrogen) atoms. The molecule has 0 aliphatic rings. The number of hydrogen-bond acceptors (Lipinski definition) is 15. The highest BCUT2D eigenvalue weighted by Gasteiger charge is 2.22. The molecule has 0 radical (unpaired) electrons. The van der Waals surface area contributed by atoms with Crippen molar-refractivity contribution in [3.8, 4) is 68.7 Å². The molecule has 15 nitrogen and oxygen atoms in total. The minimum atomic E-state index is -0.104. The van der Waals surface area contributed by atoms with E-state index in [1.807, 2.05) is 20.8 Å². The molecule has 4 rings (SSSR count). The minimum absolute atomic E-state index is 0.101. The van der Waals surface area contributed by atoms with E-state index in [1.54, 1.807) is 57.2 Å². The molecular formula is C42H57N3O12. The second-order valence-corrected chi connectivity index (χ2v) is 12.5. The summed E-state index contributed by atoms with van der Waals surface area (Å²) in [5.74, 6) is 1.39. The molecule has 3 N–H and O–H groups in total. The number of ether oxygens (including phenoxy) is 9. The molecular weight excluding hydrogens is 738 g/mol. The molecule has 0 aliphatic heterocycles. The second kappa shape index (κ2) is 24.1. The molecule has 0 saturated carbocycles. The summed E-state index contributed by atoms with van der Waals surface area (Å²) in [4.78, 5) is 14.1. The third-order valence-corrected chi connectivity index (χ3v) is 8.69. The van der Waals surface area contributed by atoms with Crippen molar-refractivity contribution >= 4 is 0 Å². The monoisotopic (exact) mass is 795 g/mol. The number of benzene rings is 3. The standard InChI is InChI=1S/C42H57N3O12/c1-7-49-16-19-52-22-25-55-34-13-10-31(37(46)28(34)4)40-43-41(32-11-14-35(29(5)38(32)47)56-26-23-53-20-17-50-8-2)45-42(44-40)33-12-15-36(30(6)39(33)48)57-27-24-54-21-18-51-9-3/h10-15,46-48H,7-9,16-27H2,1-6H3. The highest BCUT2D eigenvalue weighted by atomic mass is 16.6. The van der Waals surface area contributed by atoms with Crippen LogP contribution in [0.4, 0.5) is 0 Å². The molecule has 1 aromatic heterocycles. The molecule has 0 spiro atoms. The summed E-state index contributed by atoms with van der Waals surface area (Å²) in [6, 6.07) is 10.1. The third-order valence-electron chi connectivity index (χ3n) is 8.69. The van der Waals surface area contributed by atoms with Gasteiger partial charge in [-0.25, -0.2) is 15.0 Å². The highest BCUT2D eigenvalue weighted by molar-refractivity contribution is 5.77. The van der Waals surface area contributed by atoms with Crippen LogP contribution >= 0.6 is 0 Å². The Labute approximate surface area is 334 Å². The number of aromatic hydroxyl groups is 3. The van der Waals surface area contributed by atoms with Crippen molar-refractivity contribution < 1.29 is 58.0 Å². The number of aromatic nitrogens is 3. The number of phenolic OH excluding ortho intramolecular Hbond substituents is 3. The van der Waals surface area contributed by atoms with Crippen molar-refractivity contribution in [3.05, 3.63) is 53.1 Å². The molecule has 0 unspecified atom stereocenters. The fourth-order valence-electron chi connectivity index (χ4n) is 5.52. The maximum atomic E-state index is 11.5. The van der Waals surface area contributed by atoms with Gasteiger partial charge >= 0.3 is 0 Å². The predicted molar refractivity (Wildman–Crippen MR) is 214 cm³/mol. The van der Waals surface area contributed by atoms with Crippen molar-refractivity contribution in [3.63, 3.8) is 0 Å². The molecule has 0 fully saturated rings. The van der Waals surface area contributed by atoms with Gasteiger partial charge in [0.2, 0.25) is 0 Å². The van der Waals surface area contributed by atoms with Gasteiger partial charge in [-0.3, -0.25) is 0 Å². The van der Waals surface area contributed by atoms with Crippen LogP contribution < -0.4 is 14.2 Å². The van der Waals surface area contributed by atoms with E-state index in [0.717, 1.165) is 0 Å². The van der Waals surface area contributed by atoms with Crippen molar-refractivity contribution in [2.45, 2.75) is 41.5 Å². The van der Waals surface area contributed by atoms with E-state index in [-0.39, 0.29) is 54.5 Å². The van der Waals surface area contributed by atoms with Crippen LogP contribution in [-0.4, -0.2) is 129 Å². The lowest BCUT2D eigenvalue weighted by Gasteiger charge is -2.16. The van der Waals surface area contributed by atoms with E-state index in [2.05, 4.69) is 0 Å². The Morgan fingerprint density at radius 3 is 0.877 bits per heavy atom. The largest absolute Gasteiger partial charge is 0.507 e. The van der Waals surface area contributed by atoms with Gasteiger partial charge in [0.05, 0.1) is 76.2 Å². The molecule has 0 atom stereocenters. The molecule has 4 aromatic rings. The van der Waals surface area contributed by atoms with Gasteiger partial charge in [-0.2, -0.15) is 0 Å². The molecule has 312 valence electrons. The fourth-order valence-corrected chi connectivity index (χ4v) is 5.52. The molecule has 3 aromatic carbocycles. The molecule has 15 heteroatoms. The highest BCUT2D eigenvalue weighted by Crippen LogP contribution is 2.41. The summed E-state index contributed by atoms with van der Waals surface area (Å²) in [5.41, 5.74) is 2.27. The van der Waals surface area contributed by atoms with E-state index in [0.29, 0.717) is 130 Å². The fraction of sp³-hybridized carbons (Fsp3) is 0.500. The average molecular weight is 796 g/mol. The van der Waals surface area contributed by atoms with E-state index in [9.17, 15) is 15.3 Å². The van der Waals surface area contributed by atoms with Crippen LogP contribution in [0, 0.1) is 20.8 Å². The Morgan fingerprint density at radius 1 is 0.368 bits per heavy atom. The van der Waals surface area contributed by atoms with Crippen LogP contribution in [0.25, 0.3) is 34.2 Å². The Morgan fingerprint density at radius 2 is 0.614 bits per heavy atom. The van der Waals surface area contributed by atoms with Gasteiger partial charge in [-0.15, -0.1) is 0 Å². The van der Waals surface area contributed by atoms with Gasteiger partial charge in [0.25, 0.3) is 0 Å². The third kappa shape index (κ3) is 13.1. The second-order valence-electron chi connectivity index (χ2n) is 12.5. The molecule has 0 saturated heterocycles. The van der Waals surface area contributed by atoms with Crippen LogP contribution in [-0.2, 0) is 28.4 Å². The maximum absolute atomic E-state index is 11.5. The lowest BCUT2D eigenvalue weighted by molar-refractivity contribution is 0.0403. The molecule has 0 bridgehead atoms. The lowest BCUT2D eigenvalue weighted by Crippen LogP contribution is -2.11. The summed E-state index contributed by atoms with van der Waals surface area (Å²) in [7, 11) is 0. The predicted octanol–water partition coefficient (Wildman–Crippen LogP) is 6.21. The molecule has 1 heterocycles. The van der Waals surface area contributed by atoms with Gasteiger partial charge in [-0.05, 0) is 77.9 Å². The average Bonchev–Trinajstić information content (AvgIpc) is 3.21.